The van der Waals surface area contributed by atoms with Crippen molar-refractivity contribution in [2.75, 3.05) is 0 Å². The zero-order chi connectivity index (χ0) is 13.8. The van der Waals surface area contributed by atoms with Gasteiger partial charge in [0.1, 0.15) is 0 Å². The maximum atomic E-state index is 6.15. The third kappa shape index (κ3) is 1.88. The van der Waals surface area contributed by atoms with Crippen molar-refractivity contribution in [2.24, 2.45) is 0 Å². The van der Waals surface area contributed by atoms with Gasteiger partial charge in [-0.25, -0.2) is 0 Å². The van der Waals surface area contributed by atoms with Crippen molar-refractivity contribution in [1.82, 2.24) is 10.2 Å². The van der Waals surface area contributed by atoms with Gasteiger partial charge in [0.15, 0.2) is 0 Å². The summed E-state index contributed by atoms with van der Waals surface area (Å²) in [4.78, 5) is 0. The Balaban J connectivity index is 2.08. The van der Waals surface area contributed by atoms with E-state index in [0.717, 1.165) is 16.4 Å². The van der Waals surface area contributed by atoms with E-state index in [1.807, 2.05) is 39.8 Å². The van der Waals surface area contributed by atoms with Gasteiger partial charge in [0, 0.05) is 10.8 Å². The van der Waals surface area contributed by atoms with E-state index in [4.69, 9.17) is 20.9 Å². The first-order valence-electron chi connectivity index (χ1n) is 6.29. The molecule has 1 aromatic carbocycles. The second kappa shape index (κ2) is 3.98. The maximum absolute atomic E-state index is 6.15. The average Bonchev–Trinajstić information content (AvgIpc) is 2.84. The molecule has 2 aromatic rings. The largest absolute Gasteiger partial charge is 0.497 e. The van der Waals surface area contributed by atoms with Crippen molar-refractivity contribution < 1.29 is 9.31 Å². The van der Waals surface area contributed by atoms with Gasteiger partial charge < -0.3 is 9.31 Å². The summed E-state index contributed by atoms with van der Waals surface area (Å²) < 4.78 is 12.1. The Kier molecular flexibility index (Phi) is 2.72. The molecule has 4 nitrogen and oxygen atoms in total. The van der Waals surface area contributed by atoms with Crippen molar-refractivity contribution in [3.63, 3.8) is 0 Å². The molecule has 0 aliphatic carbocycles. The number of hydrogen-bond acceptors (Lipinski definition) is 3. The van der Waals surface area contributed by atoms with E-state index >= 15 is 0 Å². The van der Waals surface area contributed by atoms with Crippen molar-refractivity contribution in [3.8, 4) is 0 Å². The molecule has 19 heavy (non-hydrogen) atoms. The minimum Gasteiger partial charge on any atom is -0.399 e. The molecule has 0 bridgehead atoms. The van der Waals surface area contributed by atoms with Gasteiger partial charge in [-0.1, -0.05) is 17.7 Å². The number of benzene rings is 1. The number of halogens is 1. The van der Waals surface area contributed by atoms with Crippen LogP contribution in [0, 0.1) is 0 Å². The first-order chi connectivity index (χ1) is 8.82. The number of aromatic nitrogens is 2. The first kappa shape index (κ1) is 13.0. The van der Waals surface area contributed by atoms with Gasteiger partial charge in [-0.2, -0.15) is 5.10 Å². The predicted molar refractivity (Wildman–Crippen MR) is 76.8 cm³/mol. The fourth-order valence-electron chi connectivity index (χ4n) is 2.19. The second-order valence-corrected chi connectivity index (χ2v) is 6.29. The molecule has 6 heteroatoms. The number of rotatable bonds is 1. The van der Waals surface area contributed by atoms with Crippen LogP contribution in [0.2, 0.25) is 5.02 Å². The molecule has 3 rings (SSSR count). The van der Waals surface area contributed by atoms with Gasteiger partial charge in [0.05, 0.1) is 27.9 Å². The summed E-state index contributed by atoms with van der Waals surface area (Å²) in [6.45, 7) is 8.14. The van der Waals surface area contributed by atoms with Gasteiger partial charge in [-0.3, -0.25) is 5.10 Å². The summed E-state index contributed by atoms with van der Waals surface area (Å²) in [5, 5.41) is 8.57. The summed E-state index contributed by atoms with van der Waals surface area (Å²) in [5.74, 6) is 0. The van der Waals surface area contributed by atoms with Crippen molar-refractivity contribution in [3.05, 3.63) is 23.4 Å². The normalized spacial score (nSPS) is 21.2. The lowest BCUT2D eigenvalue weighted by Gasteiger charge is -2.32. The Labute approximate surface area is 117 Å². The van der Waals surface area contributed by atoms with Crippen LogP contribution in [0.3, 0.4) is 0 Å². The highest BCUT2D eigenvalue weighted by molar-refractivity contribution is 6.65. The fourth-order valence-corrected chi connectivity index (χ4v) is 2.40. The molecule has 0 amide bonds. The summed E-state index contributed by atoms with van der Waals surface area (Å²) in [7, 11) is -0.412. The maximum Gasteiger partial charge on any atom is 0.497 e. The van der Waals surface area contributed by atoms with Gasteiger partial charge in [0.25, 0.3) is 0 Å². The molecule has 1 aliphatic rings. The topological polar surface area (TPSA) is 47.1 Å². The SMILES string of the molecule is CC1(C)OB(c2ccc(Cl)c3cn[nH]c23)OC1(C)C. The molecule has 1 N–H and O–H groups in total. The smallest absolute Gasteiger partial charge is 0.399 e. The summed E-state index contributed by atoms with van der Waals surface area (Å²) in [6.07, 6.45) is 1.71. The molecule has 0 atom stereocenters. The molecule has 2 heterocycles. The summed E-state index contributed by atoms with van der Waals surface area (Å²) in [6, 6.07) is 3.77. The Morgan fingerprint density at radius 1 is 1.16 bits per heavy atom. The van der Waals surface area contributed by atoms with E-state index in [1.165, 1.54) is 0 Å². The third-order valence-electron chi connectivity index (χ3n) is 4.10. The van der Waals surface area contributed by atoms with Crippen LogP contribution in [-0.4, -0.2) is 28.5 Å². The second-order valence-electron chi connectivity index (χ2n) is 5.88. The van der Waals surface area contributed by atoms with Gasteiger partial charge >= 0.3 is 7.12 Å². The standard InChI is InChI=1S/C13H16BClN2O2/c1-12(2)13(3,4)19-14(18-12)9-5-6-10(15)8-7-16-17-11(8)9/h5-7H,1-4H3,(H,16,17). The molecule has 1 aromatic heterocycles. The molecule has 0 unspecified atom stereocenters. The lowest BCUT2D eigenvalue weighted by atomic mass is 9.78. The van der Waals surface area contributed by atoms with Crippen LogP contribution in [0.4, 0.5) is 0 Å². The number of H-pyrrole nitrogens is 1. The Morgan fingerprint density at radius 2 is 1.79 bits per heavy atom. The lowest BCUT2D eigenvalue weighted by molar-refractivity contribution is 0.00578. The highest BCUT2D eigenvalue weighted by Crippen LogP contribution is 2.37. The van der Waals surface area contributed by atoms with Crippen LogP contribution in [-0.2, 0) is 9.31 Å². The van der Waals surface area contributed by atoms with Crippen LogP contribution in [0.25, 0.3) is 10.9 Å². The zero-order valence-electron chi connectivity index (χ0n) is 11.5. The number of aromatic amines is 1. The van der Waals surface area contributed by atoms with Crippen LogP contribution in [0.5, 0.6) is 0 Å². The highest BCUT2D eigenvalue weighted by atomic mass is 35.5. The quantitative estimate of drug-likeness (QED) is 0.815. The van der Waals surface area contributed by atoms with E-state index in [9.17, 15) is 0 Å². The summed E-state index contributed by atoms with van der Waals surface area (Å²) >= 11 is 6.15. The van der Waals surface area contributed by atoms with E-state index in [-0.39, 0.29) is 11.2 Å². The van der Waals surface area contributed by atoms with Gasteiger partial charge in [-0.15, -0.1) is 0 Å². The summed E-state index contributed by atoms with van der Waals surface area (Å²) in [5.41, 5.74) is 1.08. The van der Waals surface area contributed by atoms with Gasteiger partial charge in [0.2, 0.25) is 0 Å². The van der Waals surface area contributed by atoms with Crippen molar-refractivity contribution in [1.29, 1.82) is 0 Å². The molecule has 1 saturated heterocycles. The number of fused-ring (bicyclic) bond motifs is 1. The minimum absolute atomic E-state index is 0.357. The van der Waals surface area contributed by atoms with E-state index < -0.39 is 7.12 Å². The lowest BCUT2D eigenvalue weighted by Crippen LogP contribution is -2.41. The predicted octanol–water partition coefficient (Wildman–Crippen LogP) is 2.52. The van der Waals surface area contributed by atoms with Crippen LogP contribution >= 0.6 is 11.6 Å². The van der Waals surface area contributed by atoms with E-state index in [2.05, 4.69) is 10.2 Å². The zero-order valence-corrected chi connectivity index (χ0v) is 12.2. The third-order valence-corrected chi connectivity index (χ3v) is 4.43. The molecular formula is C13H16BClN2O2. The van der Waals surface area contributed by atoms with Crippen LogP contribution in [0.15, 0.2) is 18.3 Å². The Bertz CT molecular complexity index is 623. The molecular weight excluding hydrogens is 262 g/mol. The molecule has 1 fully saturated rings. The minimum atomic E-state index is -0.412. The first-order valence-corrected chi connectivity index (χ1v) is 6.67. The highest BCUT2D eigenvalue weighted by Gasteiger charge is 2.52. The number of nitrogens with one attached hydrogen (secondary N) is 1. The molecule has 100 valence electrons. The molecule has 0 radical (unpaired) electrons. The fraction of sp³-hybridized carbons (Fsp3) is 0.462. The van der Waals surface area contributed by atoms with Crippen molar-refractivity contribution >= 4 is 35.1 Å². The molecule has 1 aliphatic heterocycles. The molecule has 0 spiro atoms. The van der Waals surface area contributed by atoms with Crippen LogP contribution < -0.4 is 5.46 Å². The Hall–Kier alpha value is -1.04. The van der Waals surface area contributed by atoms with Crippen molar-refractivity contribution in [2.45, 2.75) is 38.9 Å². The molecule has 0 saturated carbocycles. The monoisotopic (exact) mass is 278 g/mol. The van der Waals surface area contributed by atoms with Crippen LogP contribution in [0.1, 0.15) is 27.7 Å². The van der Waals surface area contributed by atoms with E-state index in [1.54, 1.807) is 6.20 Å². The Morgan fingerprint density at radius 3 is 2.42 bits per heavy atom. The number of hydrogen-bond donors (Lipinski definition) is 1. The number of nitrogens with zero attached hydrogens (tertiary/aromatic N) is 1. The van der Waals surface area contributed by atoms with Gasteiger partial charge in [-0.05, 0) is 33.8 Å². The average molecular weight is 279 g/mol. The van der Waals surface area contributed by atoms with E-state index in [0.29, 0.717) is 5.02 Å².